The first-order chi connectivity index (χ1) is 8.29. The minimum absolute atomic E-state index is 0.280. The van der Waals surface area contributed by atoms with Gasteiger partial charge in [-0.2, -0.15) is 0 Å². The van der Waals surface area contributed by atoms with Gasteiger partial charge in [-0.05, 0) is 24.3 Å². The summed E-state index contributed by atoms with van der Waals surface area (Å²) in [6, 6.07) is 13.1. The van der Waals surface area contributed by atoms with E-state index in [4.69, 9.17) is 6.57 Å². The molecule has 2 aromatic carbocycles. The largest absolute Gasteiger partial charge is 0.237 e. The Kier molecular flexibility index (Phi) is 3.19. The molecule has 0 fully saturated rings. The maximum absolute atomic E-state index is 12.7. The van der Waals surface area contributed by atoms with Crippen LogP contribution in [0.1, 0.15) is 11.1 Å². The standard InChI is InChI=1S/C15H8FN/c1-17-15-5-3-2-4-13(15)9-6-12-7-10-14(16)11-8-12/h2-5,7-8,10-11H. The summed E-state index contributed by atoms with van der Waals surface area (Å²) in [4.78, 5) is 3.38. The first-order valence-corrected chi connectivity index (χ1v) is 5.03. The van der Waals surface area contributed by atoms with E-state index < -0.39 is 0 Å². The average molecular weight is 221 g/mol. The fourth-order valence-corrected chi connectivity index (χ4v) is 1.35. The third-order valence-electron chi connectivity index (χ3n) is 2.21. The lowest BCUT2D eigenvalue weighted by Gasteiger charge is -1.93. The molecule has 0 N–H and O–H groups in total. The molecule has 17 heavy (non-hydrogen) atoms. The Bertz CT molecular complexity index is 624. The van der Waals surface area contributed by atoms with E-state index >= 15 is 0 Å². The highest BCUT2D eigenvalue weighted by atomic mass is 19.1. The quantitative estimate of drug-likeness (QED) is 0.471. The Morgan fingerprint density at radius 1 is 0.941 bits per heavy atom. The van der Waals surface area contributed by atoms with E-state index in [0.29, 0.717) is 11.3 Å². The van der Waals surface area contributed by atoms with Gasteiger partial charge < -0.3 is 0 Å². The van der Waals surface area contributed by atoms with Crippen molar-refractivity contribution in [2.24, 2.45) is 0 Å². The number of hydrogen-bond donors (Lipinski definition) is 0. The molecule has 0 saturated heterocycles. The van der Waals surface area contributed by atoms with Gasteiger partial charge in [0.05, 0.1) is 6.57 Å². The maximum Gasteiger partial charge on any atom is 0.202 e. The van der Waals surface area contributed by atoms with Gasteiger partial charge in [-0.1, -0.05) is 36.1 Å². The smallest absolute Gasteiger partial charge is 0.202 e. The van der Waals surface area contributed by atoms with Crippen molar-refractivity contribution in [1.29, 1.82) is 0 Å². The monoisotopic (exact) mass is 221 g/mol. The molecule has 0 aliphatic rings. The Labute approximate surface area is 99.4 Å². The van der Waals surface area contributed by atoms with Gasteiger partial charge >= 0.3 is 0 Å². The van der Waals surface area contributed by atoms with Crippen LogP contribution in [0.5, 0.6) is 0 Å². The van der Waals surface area contributed by atoms with Crippen LogP contribution in [-0.2, 0) is 0 Å². The van der Waals surface area contributed by atoms with Crippen molar-refractivity contribution in [3.8, 4) is 11.8 Å². The Hall–Kier alpha value is -2.58. The van der Waals surface area contributed by atoms with Crippen molar-refractivity contribution in [2.75, 3.05) is 0 Å². The highest BCUT2D eigenvalue weighted by molar-refractivity contribution is 5.60. The second-order valence-corrected chi connectivity index (χ2v) is 3.39. The highest BCUT2D eigenvalue weighted by Crippen LogP contribution is 2.17. The van der Waals surface area contributed by atoms with E-state index in [9.17, 15) is 4.39 Å². The van der Waals surface area contributed by atoms with E-state index in [0.717, 1.165) is 5.56 Å². The molecule has 1 nitrogen and oxygen atoms in total. The number of rotatable bonds is 0. The van der Waals surface area contributed by atoms with Gasteiger partial charge in [0.1, 0.15) is 5.82 Å². The Morgan fingerprint density at radius 3 is 2.35 bits per heavy atom. The number of nitrogens with zero attached hydrogens (tertiary/aromatic N) is 1. The third kappa shape index (κ3) is 2.71. The van der Waals surface area contributed by atoms with Crippen molar-refractivity contribution in [2.45, 2.75) is 0 Å². The van der Waals surface area contributed by atoms with Crippen molar-refractivity contribution in [3.63, 3.8) is 0 Å². The fourth-order valence-electron chi connectivity index (χ4n) is 1.35. The van der Waals surface area contributed by atoms with Crippen molar-refractivity contribution < 1.29 is 4.39 Å². The van der Waals surface area contributed by atoms with Crippen molar-refractivity contribution in [3.05, 3.63) is 76.9 Å². The summed E-state index contributed by atoms with van der Waals surface area (Å²) < 4.78 is 12.7. The van der Waals surface area contributed by atoms with Gasteiger partial charge in [0.2, 0.25) is 5.69 Å². The Balaban J connectivity index is 2.33. The fraction of sp³-hybridized carbons (Fsp3) is 0. The van der Waals surface area contributed by atoms with Gasteiger partial charge in [0.15, 0.2) is 0 Å². The summed E-state index contributed by atoms with van der Waals surface area (Å²) in [7, 11) is 0. The second-order valence-electron chi connectivity index (χ2n) is 3.39. The number of hydrogen-bond acceptors (Lipinski definition) is 0. The van der Waals surface area contributed by atoms with Crippen LogP contribution >= 0.6 is 0 Å². The van der Waals surface area contributed by atoms with Crippen LogP contribution in [0.25, 0.3) is 4.85 Å². The predicted molar refractivity (Wildman–Crippen MR) is 65.1 cm³/mol. The molecule has 2 rings (SSSR count). The normalized spacial score (nSPS) is 8.94. The molecule has 0 heterocycles. The van der Waals surface area contributed by atoms with Crippen LogP contribution in [0, 0.1) is 24.2 Å². The van der Waals surface area contributed by atoms with E-state index in [1.54, 1.807) is 30.3 Å². The van der Waals surface area contributed by atoms with Crippen LogP contribution < -0.4 is 0 Å². The van der Waals surface area contributed by atoms with E-state index in [1.165, 1.54) is 12.1 Å². The topological polar surface area (TPSA) is 4.36 Å². The van der Waals surface area contributed by atoms with Crippen LogP contribution in [0.4, 0.5) is 10.1 Å². The molecule has 0 amide bonds. The zero-order chi connectivity index (χ0) is 12.1. The molecule has 0 saturated carbocycles. The lowest BCUT2D eigenvalue weighted by atomic mass is 10.1. The second kappa shape index (κ2) is 4.96. The van der Waals surface area contributed by atoms with Gasteiger partial charge in [0, 0.05) is 11.1 Å². The van der Waals surface area contributed by atoms with E-state index in [2.05, 4.69) is 16.7 Å². The minimum atomic E-state index is -0.280. The van der Waals surface area contributed by atoms with E-state index in [1.807, 2.05) is 6.07 Å². The van der Waals surface area contributed by atoms with Crippen LogP contribution in [0.3, 0.4) is 0 Å². The lowest BCUT2D eigenvalue weighted by molar-refractivity contribution is 0.627. The number of para-hydroxylation sites is 1. The summed E-state index contributed by atoms with van der Waals surface area (Å²) in [5, 5.41) is 0. The zero-order valence-corrected chi connectivity index (χ0v) is 8.94. The molecule has 0 unspecified atom stereocenters. The molecule has 2 heteroatoms. The zero-order valence-electron chi connectivity index (χ0n) is 8.94. The van der Waals surface area contributed by atoms with Gasteiger partial charge in [0.25, 0.3) is 0 Å². The first kappa shape index (κ1) is 10.9. The molecule has 0 atom stereocenters. The molecule has 0 aliphatic carbocycles. The molecule has 0 spiro atoms. The lowest BCUT2D eigenvalue weighted by Crippen LogP contribution is -1.77. The molecule has 80 valence electrons. The first-order valence-electron chi connectivity index (χ1n) is 5.03. The Morgan fingerprint density at radius 2 is 1.65 bits per heavy atom. The minimum Gasteiger partial charge on any atom is -0.237 e. The number of halogens is 1. The summed E-state index contributed by atoms with van der Waals surface area (Å²) >= 11 is 0. The summed E-state index contributed by atoms with van der Waals surface area (Å²) in [5.74, 6) is 5.54. The summed E-state index contributed by atoms with van der Waals surface area (Å²) in [5.41, 5.74) is 1.94. The number of benzene rings is 2. The SMILES string of the molecule is [C-]#[N+]c1ccccc1C#Cc1ccc(F)cc1. The molecule has 0 aromatic heterocycles. The van der Waals surface area contributed by atoms with E-state index in [-0.39, 0.29) is 5.82 Å². The van der Waals surface area contributed by atoms with Crippen LogP contribution in [-0.4, -0.2) is 0 Å². The summed E-state index contributed by atoms with van der Waals surface area (Å²) in [6.07, 6.45) is 0. The molecule has 0 aliphatic heterocycles. The predicted octanol–water partition coefficient (Wildman–Crippen LogP) is 3.78. The molecule has 0 bridgehead atoms. The van der Waals surface area contributed by atoms with Gasteiger partial charge in [-0.25, -0.2) is 9.24 Å². The van der Waals surface area contributed by atoms with Crippen molar-refractivity contribution >= 4 is 5.69 Å². The molecule has 2 aromatic rings. The highest BCUT2D eigenvalue weighted by Gasteiger charge is 1.96. The third-order valence-corrected chi connectivity index (χ3v) is 2.21. The maximum atomic E-state index is 12.7. The average Bonchev–Trinajstić information content (AvgIpc) is 2.38. The molecular weight excluding hydrogens is 213 g/mol. The van der Waals surface area contributed by atoms with Crippen LogP contribution in [0.15, 0.2) is 48.5 Å². The van der Waals surface area contributed by atoms with Crippen LogP contribution in [0.2, 0.25) is 0 Å². The summed E-state index contributed by atoms with van der Waals surface area (Å²) in [6.45, 7) is 7.00. The molecular formula is C15H8FN. The van der Waals surface area contributed by atoms with Gasteiger partial charge in [-0.3, -0.25) is 0 Å². The van der Waals surface area contributed by atoms with Crippen molar-refractivity contribution in [1.82, 2.24) is 0 Å². The van der Waals surface area contributed by atoms with Gasteiger partial charge in [-0.15, -0.1) is 0 Å². The molecule has 0 radical (unpaired) electrons.